The van der Waals surface area contributed by atoms with Gasteiger partial charge < -0.3 is 15.2 Å². The quantitative estimate of drug-likeness (QED) is 0.732. The maximum absolute atomic E-state index is 11.8. The molecule has 1 saturated heterocycles. The molecular formula is C10H14F3NO4. The number of halogens is 3. The summed E-state index contributed by atoms with van der Waals surface area (Å²) in [6, 6.07) is 0. The molecule has 2 N–H and O–H groups in total. The van der Waals surface area contributed by atoms with Crippen LogP contribution in [0.25, 0.3) is 0 Å². The lowest BCUT2D eigenvalue weighted by Gasteiger charge is -2.12. The van der Waals surface area contributed by atoms with E-state index in [1.165, 1.54) is 0 Å². The number of hydrogen-bond donors (Lipinski definition) is 2. The molecule has 0 aromatic heterocycles. The van der Waals surface area contributed by atoms with E-state index in [0.29, 0.717) is 0 Å². The maximum atomic E-state index is 11.8. The molecule has 1 aliphatic rings. The van der Waals surface area contributed by atoms with Crippen molar-refractivity contribution in [1.82, 2.24) is 5.32 Å². The molecule has 1 amide bonds. The van der Waals surface area contributed by atoms with Crippen molar-refractivity contribution in [2.75, 3.05) is 6.54 Å². The van der Waals surface area contributed by atoms with E-state index in [9.17, 15) is 22.8 Å². The molecule has 1 aliphatic heterocycles. The van der Waals surface area contributed by atoms with Gasteiger partial charge >= 0.3 is 12.1 Å². The Balaban J connectivity index is 2.20. The molecule has 0 saturated carbocycles. The van der Waals surface area contributed by atoms with Crippen LogP contribution in [0.1, 0.15) is 25.7 Å². The van der Waals surface area contributed by atoms with Crippen LogP contribution in [-0.4, -0.2) is 41.9 Å². The molecule has 18 heavy (non-hydrogen) atoms. The van der Waals surface area contributed by atoms with Gasteiger partial charge in [-0.25, -0.2) is 4.79 Å². The summed E-state index contributed by atoms with van der Waals surface area (Å²) in [5.41, 5.74) is 0. The van der Waals surface area contributed by atoms with E-state index in [4.69, 9.17) is 9.84 Å². The Labute approximate surface area is 101 Å². The highest BCUT2D eigenvalue weighted by Crippen LogP contribution is 2.21. The highest BCUT2D eigenvalue weighted by molar-refractivity contribution is 5.82. The van der Waals surface area contributed by atoms with Crippen molar-refractivity contribution in [2.45, 2.75) is 44.1 Å². The number of carboxylic acids is 1. The van der Waals surface area contributed by atoms with Crippen LogP contribution in [-0.2, 0) is 14.3 Å². The molecule has 5 nitrogen and oxygen atoms in total. The third kappa shape index (κ3) is 4.91. The molecule has 0 bridgehead atoms. The number of carbonyl (C=O) groups excluding carboxylic acids is 1. The maximum Gasteiger partial charge on any atom is 0.389 e. The van der Waals surface area contributed by atoms with E-state index in [0.717, 1.165) is 0 Å². The summed E-state index contributed by atoms with van der Waals surface area (Å²) in [5, 5.41) is 10.9. The first-order valence-electron chi connectivity index (χ1n) is 5.52. The van der Waals surface area contributed by atoms with Crippen molar-refractivity contribution < 1.29 is 32.6 Å². The molecule has 0 aromatic carbocycles. The molecule has 2 unspecified atom stereocenters. The Morgan fingerprint density at radius 1 is 1.28 bits per heavy atom. The highest BCUT2D eigenvalue weighted by atomic mass is 19.4. The minimum Gasteiger partial charge on any atom is -0.479 e. The summed E-state index contributed by atoms with van der Waals surface area (Å²) in [7, 11) is 0. The first kappa shape index (κ1) is 14.7. The summed E-state index contributed by atoms with van der Waals surface area (Å²) in [5.74, 6) is -1.69. The first-order chi connectivity index (χ1) is 8.29. The Bertz CT molecular complexity index is 319. The van der Waals surface area contributed by atoms with Crippen LogP contribution in [0.5, 0.6) is 0 Å². The first-order valence-corrected chi connectivity index (χ1v) is 5.52. The largest absolute Gasteiger partial charge is 0.479 e. The fraction of sp³-hybridized carbons (Fsp3) is 0.800. The lowest BCUT2D eigenvalue weighted by molar-refractivity contribution is -0.152. The van der Waals surface area contributed by atoms with Crippen LogP contribution in [0.2, 0.25) is 0 Å². The van der Waals surface area contributed by atoms with Crippen LogP contribution < -0.4 is 5.32 Å². The fourth-order valence-corrected chi connectivity index (χ4v) is 1.63. The Morgan fingerprint density at radius 3 is 2.39 bits per heavy atom. The molecule has 0 radical (unpaired) electrons. The molecule has 0 aliphatic carbocycles. The average Bonchev–Trinajstić information content (AvgIpc) is 2.72. The minimum atomic E-state index is -4.23. The summed E-state index contributed by atoms with van der Waals surface area (Å²) in [6.07, 6.45) is -6.78. The third-order valence-electron chi connectivity index (χ3n) is 2.52. The lowest BCUT2D eigenvalue weighted by atomic mass is 10.2. The van der Waals surface area contributed by atoms with Gasteiger partial charge in [-0.05, 0) is 19.3 Å². The second-order valence-electron chi connectivity index (χ2n) is 4.04. The molecule has 0 aromatic rings. The van der Waals surface area contributed by atoms with E-state index >= 15 is 0 Å². The van der Waals surface area contributed by atoms with Crippen molar-refractivity contribution in [3.05, 3.63) is 0 Å². The van der Waals surface area contributed by atoms with E-state index in [2.05, 4.69) is 5.32 Å². The van der Waals surface area contributed by atoms with Gasteiger partial charge in [-0.15, -0.1) is 0 Å². The van der Waals surface area contributed by atoms with E-state index in [1.54, 1.807) is 0 Å². The number of carbonyl (C=O) groups is 2. The number of aliphatic carboxylic acids is 1. The Hall–Kier alpha value is -1.31. The number of ether oxygens (including phenoxy) is 1. The third-order valence-corrected chi connectivity index (χ3v) is 2.52. The number of hydrogen-bond acceptors (Lipinski definition) is 3. The summed E-state index contributed by atoms with van der Waals surface area (Å²) in [4.78, 5) is 22.0. The van der Waals surface area contributed by atoms with Gasteiger partial charge in [-0.1, -0.05) is 0 Å². The normalized spacial score (nSPS) is 23.9. The number of alkyl halides is 3. The van der Waals surface area contributed by atoms with Gasteiger partial charge in [0, 0.05) is 13.0 Å². The molecule has 1 fully saturated rings. The van der Waals surface area contributed by atoms with Crippen molar-refractivity contribution in [1.29, 1.82) is 0 Å². The Kier molecular flexibility index (Phi) is 4.94. The minimum absolute atomic E-state index is 0.101. The molecule has 1 heterocycles. The summed E-state index contributed by atoms with van der Waals surface area (Å²) < 4.78 is 40.4. The Morgan fingerprint density at radius 2 is 1.89 bits per heavy atom. The van der Waals surface area contributed by atoms with Crippen molar-refractivity contribution >= 4 is 11.9 Å². The van der Waals surface area contributed by atoms with Gasteiger partial charge in [-0.3, -0.25) is 4.79 Å². The summed E-state index contributed by atoms with van der Waals surface area (Å²) in [6.45, 7) is -0.101. The van der Waals surface area contributed by atoms with Gasteiger partial charge in [0.15, 0.2) is 6.10 Å². The molecule has 0 spiro atoms. The number of carboxylic acid groups (broad SMARTS) is 1. The standard InChI is InChI=1S/C10H14F3NO4/c11-10(12,13)4-1-5-14-8(15)6-2-3-7(18-6)9(16)17/h6-7H,1-5H2,(H,14,15)(H,16,17). The van der Waals surface area contributed by atoms with Crippen molar-refractivity contribution in [3.63, 3.8) is 0 Å². The molecule has 104 valence electrons. The van der Waals surface area contributed by atoms with Crippen molar-refractivity contribution in [3.8, 4) is 0 Å². The van der Waals surface area contributed by atoms with Crippen LogP contribution in [0, 0.1) is 0 Å². The van der Waals surface area contributed by atoms with Gasteiger partial charge in [0.1, 0.15) is 6.10 Å². The summed E-state index contributed by atoms with van der Waals surface area (Å²) >= 11 is 0. The number of nitrogens with one attached hydrogen (secondary N) is 1. The van der Waals surface area contributed by atoms with Gasteiger partial charge in [-0.2, -0.15) is 13.2 Å². The topological polar surface area (TPSA) is 75.6 Å². The van der Waals surface area contributed by atoms with Gasteiger partial charge in [0.25, 0.3) is 0 Å². The average molecular weight is 269 g/mol. The smallest absolute Gasteiger partial charge is 0.389 e. The van der Waals surface area contributed by atoms with Crippen LogP contribution in [0.4, 0.5) is 13.2 Å². The molecule has 1 rings (SSSR count). The van der Waals surface area contributed by atoms with E-state index in [1.807, 2.05) is 0 Å². The molecular weight excluding hydrogens is 255 g/mol. The highest BCUT2D eigenvalue weighted by Gasteiger charge is 2.34. The zero-order valence-electron chi connectivity index (χ0n) is 9.50. The molecule has 2 atom stereocenters. The lowest BCUT2D eigenvalue weighted by Crippen LogP contribution is -2.36. The van der Waals surface area contributed by atoms with Crippen LogP contribution >= 0.6 is 0 Å². The van der Waals surface area contributed by atoms with Gasteiger partial charge in [0.05, 0.1) is 0 Å². The van der Waals surface area contributed by atoms with Crippen LogP contribution in [0.15, 0.2) is 0 Å². The fourth-order valence-electron chi connectivity index (χ4n) is 1.63. The van der Waals surface area contributed by atoms with E-state index < -0.39 is 36.7 Å². The van der Waals surface area contributed by atoms with Crippen LogP contribution in [0.3, 0.4) is 0 Å². The van der Waals surface area contributed by atoms with Gasteiger partial charge in [0.2, 0.25) is 5.91 Å². The van der Waals surface area contributed by atoms with Crippen molar-refractivity contribution in [2.24, 2.45) is 0 Å². The zero-order valence-corrected chi connectivity index (χ0v) is 9.50. The SMILES string of the molecule is O=C(O)C1CCC(C(=O)NCCCC(F)(F)F)O1. The number of rotatable bonds is 5. The second-order valence-corrected chi connectivity index (χ2v) is 4.04. The molecule has 8 heteroatoms. The second kappa shape index (κ2) is 6.03. The van der Waals surface area contributed by atoms with E-state index in [-0.39, 0.29) is 25.8 Å². The predicted octanol–water partition coefficient (Wildman–Crippen LogP) is 1.08. The monoisotopic (exact) mass is 269 g/mol. The zero-order chi connectivity index (χ0) is 13.8. The predicted molar refractivity (Wildman–Crippen MR) is 53.8 cm³/mol. The number of amides is 1.